The van der Waals surface area contributed by atoms with Crippen LogP contribution in [0.25, 0.3) is 16.9 Å². The second-order valence-corrected chi connectivity index (χ2v) is 8.22. The third-order valence-corrected chi connectivity index (χ3v) is 5.59. The predicted molar refractivity (Wildman–Crippen MR) is 109 cm³/mol. The number of halogens is 3. The van der Waals surface area contributed by atoms with Crippen molar-refractivity contribution in [3.8, 4) is 11.3 Å². The van der Waals surface area contributed by atoms with Crippen LogP contribution in [0.1, 0.15) is 11.3 Å². The highest BCUT2D eigenvalue weighted by molar-refractivity contribution is 9.10. The van der Waals surface area contributed by atoms with E-state index in [1.54, 1.807) is 0 Å². The molecule has 1 N–H and O–H groups in total. The van der Waals surface area contributed by atoms with Crippen LogP contribution in [0.5, 0.6) is 0 Å². The Hall–Kier alpha value is -1.11. The molecule has 2 aromatic heterocycles. The van der Waals surface area contributed by atoms with E-state index in [9.17, 15) is 0 Å². The maximum Gasteiger partial charge on any atom is 0.139 e. The Morgan fingerprint density at radius 3 is 2.92 bits per heavy atom. The molecular formula is C19H18BrCl2N3O. The lowest BCUT2D eigenvalue weighted by molar-refractivity contribution is 0.0286. The summed E-state index contributed by atoms with van der Waals surface area (Å²) >= 11 is 16.3. The van der Waals surface area contributed by atoms with Gasteiger partial charge in [0.05, 0.1) is 29.1 Å². The van der Waals surface area contributed by atoms with E-state index in [0.717, 1.165) is 58.8 Å². The molecule has 1 aliphatic rings. The van der Waals surface area contributed by atoms with Gasteiger partial charge < -0.3 is 14.5 Å². The number of morpholine rings is 1. The molecule has 7 heteroatoms. The summed E-state index contributed by atoms with van der Waals surface area (Å²) in [5.41, 5.74) is 4.80. The molecule has 1 aliphatic heterocycles. The number of aryl methyl sites for hydroxylation is 1. The van der Waals surface area contributed by atoms with Crippen LogP contribution in [0, 0.1) is 6.92 Å². The Balaban J connectivity index is 1.89. The lowest BCUT2D eigenvalue weighted by Crippen LogP contribution is -2.39. The summed E-state index contributed by atoms with van der Waals surface area (Å²) < 4.78 is 8.96. The molecule has 26 heavy (non-hydrogen) atoms. The standard InChI is InChI=1S/C19H18BrCl2N3O/c1-11-6-12(20)7-15(22)18(11)19-16(9-14-10-23-3-5-26-14)25-4-2-13(21)8-17(25)24-19/h2,4,6-8,14,23H,3,5,9-10H2,1H3/t14-/m0/s1. The monoisotopic (exact) mass is 453 g/mol. The third-order valence-electron chi connectivity index (χ3n) is 4.60. The zero-order valence-electron chi connectivity index (χ0n) is 14.2. The maximum absolute atomic E-state index is 6.59. The summed E-state index contributed by atoms with van der Waals surface area (Å²) in [6.45, 7) is 4.49. The van der Waals surface area contributed by atoms with Crippen LogP contribution in [-0.4, -0.2) is 35.2 Å². The van der Waals surface area contributed by atoms with E-state index in [2.05, 4.69) is 31.7 Å². The number of nitrogens with one attached hydrogen (secondary N) is 1. The number of hydrogen-bond acceptors (Lipinski definition) is 3. The summed E-state index contributed by atoms with van der Waals surface area (Å²) in [5.74, 6) is 0. The Morgan fingerprint density at radius 1 is 1.35 bits per heavy atom. The first kappa shape index (κ1) is 18.3. The SMILES string of the molecule is Cc1cc(Br)cc(Cl)c1-c1nc2cc(Cl)ccn2c1C[C@H]1CNCCO1. The molecule has 0 saturated carbocycles. The number of benzene rings is 1. The molecule has 1 saturated heterocycles. The van der Waals surface area contributed by atoms with Gasteiger partial charge in [-0.1, -0.05) is 39.1 Å². The van der Waals surface area contributed by atoms with E-state index in [-0.39, 0.29) is 6.10 Å². The number of hydrogen-bond donors (Lipinski definition) is 1. The quantitative estimate of drug-likeness (QED) is 0.610. The van der Waals surface area contributed by atoms with Gasteiger partial charge in [0.25, 0.3) is 0 Å². The van der Waals surface area contributed by atoms with Crippen molar-refractivity contribution in [2.24, 2.45) is 0 Å². The third kappa shape index (κ3) is 3.51. The summed E-state index contributed by atoms with van der Waals surface area (Å²) in [5, 5.41) is 4.72. The molecule has 3 heterocycles. The average Bonchev–Trinajstić information content (AvgIpc) is 2.92. The Bertz CT molecular complexity index is 944. The van der Waals surface area contributed by atoms with Gasteiger partial charge in [0.15, 0.2) is 0 Å². The first-order valence-electron chi connectivity index (χ1n) is 8.48. The smallest absolute Gasteiger partial charge is 0.139 e. The minimum atomic E-state index is 0.104. The highest BCUT2D eigenvalue weighted by Gasteiger charge is 2.23. The van der Waals surface area contributed by atoms with Crippen LogP contribution < -0.4 is 5.32 Å². The van der Waals surface area contributed by atoms with Gasteiger partial charge >= 0.3 is 0 Å². The Labute approximate surface area is 170 Å². The fourth-order valence-electron chi connectivity index (χ4n) is 3.43. The fraction of sp³-hybridized carbons (Fsp3) is 0.316. The lowest BCUT2D eigenvalue weighted by atomic mass is 10.0. The van der Waals surface area contributed by atoms with Gasteiger partial charge in [-0.3, -0.25) is 0 Å². The van der Waals surface area contributed by atoms with Crippen molar-refractivity contribution in [2.45, 2.75) is 19.4 Å². The van der Waals surface area contributed by atoms with E-state index >= 15 is 0 Å². The number of rotatable bonds is 3. The molecule has 0 unspecified atom stereocenters. The predicted octanol–water partition coefficient (Wildman–Crippen LogP) is 4.91. The second kappa shape index (κ2) is 7.49. The van der Waals surface area contributed by atoms with Crippen LogP contribution in [0.4, 0.5) is 0 Å². The largest absolute Gasteiger partial charge is 0.375 e. The number of pyridine rings is 1. The van der Waals surface area contributed by atoms with Gasteiger partial charge in [-0.05, 0) is 30.7 Å². The molecule has 0 radical (unpaired) electrons. The zero-order valence-corrected chi connectivity index (χ0v) is 17.3. The van der Waals surface area contributed by atoms with E-state index in [1.165, 1.54) is 0 Å². The summed E-state index contributed by atoms with van der Waals surface area (Å²) in [4.78, 5) is 4.86. The van der Waals surface area contributed by atoms with Crippen LogP contribution in [0.3, 0.4) is 0 Å². The number of nitrogens with zero attached hydrogens (tertiary/aromatic N) is 2. The molecule has 1 atom stereocenters. The number of ether oxygens (including phenoxy) is 1. The zero-order chi connectivity index (χ0) is 18.3. The van der Waals surface area contributed by atoms with Crippen LogP contribution in [0.2, 0.25) is 10.0 Å². The van der Waals surface area contributed by atoms with Crippen molar-refractivity contribution in [3.05, 3.63) is 56.2 Å². The molecule has 3 aromatic rings. The first-order chi connectivity index (χ1) is 12.5. The van der Waals surface area contributed by atoms with E-state index in [0.29, 0.717) is 10.0 Å². The van der Waals surface area contributed by atoms with Crippen molar-refractivity contribution in [1.82, 2.24) is 14.7 Å². The molecule has 4 nitrogen and oxygen atoms in total. The normalized spacial score (nSPS) is 17.8. The van der Waals surface area contributed by atoms with Crippen LogP contribution in [-0.2, 0) is 11.2 Å². The highest BCUT2D eigenvalue weighted by atomic mass is 79.9. The first-order valence-corrected chi connectivity index (χ1v) is 10.0. The Kier molecular flexibility index (Phi) is 5.26. The van der Waals surface area contributed by atoms with Gasteiger partial charge in [0.1, 0.15) is 5.65 Å². The average molecular weight is 455 g/mol. The van der Waals surface area contributed by atoms with Gasteiger partial charge in [0, 0.05) is 46.8 Å². The van der Waals surface area contributed by atoms with Gasteiger partial charge in [-0.15, -0.1) is 0 Å². The van der Waals surface area contributed by atoms with Crippen LogP contribution in [0.15, 0.2) is 34.9 Å². The summed E-state index contributed by atoms with van der Waals surface area (Å²) in [7, 11) is 0. The summed E-state index contributed by atoms with van der Waals surface area (Å²) in [6, 6.07) is 7.71. The van der Waals surface area contributed by atoms with Crippen molar-refractivity contribution >= 4 is 44.8 Å². The van der Waals surface area contributed by atoms with Gasteiger partial charge in [-0.25, -0.2) is 4.98 Å². The number of imidazole rings is 1. The van der Waals surface area contributed by atoms with E-state index in [4.69, 9.17) is 32.9 Å². The highest BCUT2D eigenvalue weighted by Crippen LogP contribution is 2.36. The lowest BCUT2D eigenvalue weighted by Gasteiger charge is -2.24. The van der Waals surface area contributed by atoms with Crippen LogP contribution >= 0.6 is 39.1 Å². The van der Waals surface area contributed by atoms with E-state index < -0.39 is 0 Å². The molecule has 4 rings (SSSR count). The molecule has 1 aromatic carbocycles. The molecule has 0 spiro atoms. The second-order valence-electron chi connectivity index (χ2n) is 6.46. The molecule has 0 bridgehead atoms. The van der Waals surface area contributed by atoms with Gasteiger partial charge in [0.2, 0.25) is 0 Å². The minimum Gasteiger partial charge on any atom is -0.375 e. The topological polar surface area (TPSA) is 38.6 Å². The molecule has 0 aliphatic carbocycles. The van der Waals surface area contributed by atoms with Crippen molar-refractivity contribution in [1.29, 1.82) is 0 Å². The maximum atomic E-state index is 6.59. The number of aromatic nitrogens is 2. The fourth-order valence-corrected chi connectivity index (χ4v) is 4.65. The molecule has 136 valence electrons. The van der Waals surface area contributed by atoms with Crippen molar-refractivity contribution in [3.63, 3.8) is 0 Å². The molecular weight excluding hydrogens is 437 g/mol. The van der Waals surface area contributed by atoms with Gasteiger partial charge in [-0.2, -0.15) is 0 Å². The molecule has 1 fully saturated rings. The van der Waals surface area contributed by atoms with Crippen molar-refractivity contribution in [2.75, 3.05) is 19.7 Å². The van der Waals surface area contributed by atoms with Crippen molar-refractivity contribution < 1.29 is 4.74 Å². The summed E-state index contributed by atoms with van der Waals surface area (Å²) in [6.07, 6.45) is 2.81. The number of fused-ring (bicyclic) bond motifs is 1. The molecule has 0 amide bonds. The van der Waals surface area contributed by atoms with E-state index in [1.807, 2.05) is 31.3 Å². The minimum absolute atomic E-state index is 0.104. The Morgan fingerprint density at radius 2 is 2.19 bits per heavy atom.